The summed E-state index contributed by atoms with van der Waals surface area (Å²) in [6.07, 6.45) is 3.66. The van der Waals surface area contributed by atoms with Crippen molar-refractivity contribution in [3.63, 3.8) is 0 Å². The van der Waals surface area contributed by atoms with Gasteiger partial charge < -0.3 is 5.32 Å². The van der Waals surface area contributed by atoms with Crippen molar-refractivity contribution in [2.75, 3.05) is 7.05 Å². The molecule has 0 radical (unpaired) electrons. The number of aromatic nitrogens is 2. The maximum absolute atomic E-state index is 4.43. The fourth-order valence-corrected chi connectivity index (χ4v) is 2.34. The lowest BCUT2D eigenvalue weighted by molar-refractivity contribution is 0.489. The third-order valence-corrected chi connectivity index (χ3v) is 3.08. The highest BCUT2D eigenvalue weighted by molar-refractivity contribution is 5.32. The van der Waals surface area contributed by atoms with Crippen LogP contribution >= 0.6 is 0 Å². The Morgan fingerprint density at radius 3 is 2.93 bits per heavy atom. The second-order valence-electron chi connectivity index (χ2n) is 4.39. The molecule has 2 rings (SSSR count). The normalized spacial score (nSPS) is 21.3. The van der Waals surface area contributed by atoms with E-state index in [2.05, 4.69) is 29.4 Å². The first-order chi connectivity index (χ1) is 6.74. The van der Waals surface area contributed by atoms with Crippen molar-refractivity contribution in [2.24, 2.45) is 0 Å². The van der Waals surface area contributed by atoms with Crippen molar-refractivity contribution in [1.82, 2.24) is 15.5 Å². The van der Waals surface area contributed by atoms with Gasteiger partial charge in [0.1, 0.15) is 0 Å². The Bertz CT molecular complexity index is 314. The van der Waals surface area contributed by atoms with Gasteiger partial charge in [-0.1, -0.05) is 13.8 Å². The molecule has 0 fully saturated rings. The molecule has 0 saturated carbocycles. The van der Waals surface area contributed by atoms with Crippen LogP contribution in [-0.4, -0.2) is 17.2 Å². The number of rotatable bonds is 2. The zero-order valence-electron chi connectivity index (χ0n) is 9.22. The fraction of sp³-hybridized carbons (Fsp3) is 0.727. The van der Waals surface area contributed by atoms with Crippen LogP contribution in [0.4, 0.5) is 0 Å². The van der Waals surface area contributed by atoms with Crippen LogP contribution in [0.2, 0.25) is 0 Å². The van der Waals surface area contributed by atoms with Gasteiger partial charge in [0.15, 0.2) is 0 Å². The maximum atomic E-state index is 4.43. The van der Waals surface area contributed by atoms with Gasteiger partial charge in [0.2, 0.25) is 0 Å². The first kappa shape index (κ1) is 9.71. The largest absolute Gasteiger partial charge is 0.313 e. The number of H-pyrrole nitrogens is 1. The molecule has 1 unspecified atom stereocenters. The molecule has 1 aromatic rings. The Kier molecular flexibility index (Phi) is 2.59. The minimum Gasteiger partial charge on any atom is -0.313 e. The van der Waals surface area contributed by atoms with E-state index >= 15 is 0 Å². The smallest absolute Gasteiger partial charge is 0.0698 e. The first-order valence-corrected chi connectivity index (χ1v) is 5.48. The molecular formula is C11H19N3. The van der Waals surface area contributed by atoms with Crippen molar-refractivity contribution in [3.05, 3.63) is 17.0 Å². The van der Waals surface area contributed by atoms with Crippen molar-refractivity contribution in [3.8, 4) is 0 Å². The molecule has 1 aliphatic carbocycles. The molecule has 1 heterocycles. The number of nitrogens with zero attached hydrogens (tertiary/aromatic N) is 1. The third-order valence-electron chi connectivity index (χ3n) is 3.08. The van der Waals surface area contributed by atoms with Gasteiger partial charge in [0, 0.05) is 17.3 Å². The van der Waals surface area contributed by atoms with Gasteiger partial charge >= 0.3 is 0 Å². The molecule has 0 aliphatic heterocycles. The summed E-state index contributed by atoms with van der Waals surface area (Å²) >= 11 is 0. The highest BCUT2D eigenvalue weighted by Gasteiger charge is 2.25. The molecule has 3 nitrogen and oxygen atoms in total. The molecule has 1 atom stereocenters. The lowest BCUT2D eigenvalue weighted by Crippen LogP contribution is -2.22. The molecule has 0 aromatic carbocycles. The lowest BCUT2D eigenvalue weighted by Gasteiger charge is -2.23. The molecule has 0 spiro atoms. The van der Waals surface area contributed by atoms with E-state index in [9.17, 15) is 0 Å². The van der Waals surface area contributed by atoms with E-state index in [0.29, 0.717) is 12.0 Å². The zero-order valence-corrected chi connectivity index (χ0v) is 9.22. The van der Waals surface area contributed by atoms with Crippen LogP contribution in [0.15, 0.2) is 0 Å². The van der Waals surface area contributed by atoms with Crippen LogP contribution in [0.5, 0.6) is 0 Å². The minimum atomic E-state index is 0.509. The second kappa shape index (κ2) is 3.73. The van der Waals surface area contributed by atoms with E-state index in [4.69, 9.17) is 0 Å². The van der Waals surface area contributed by atoms with Gasteiger partial charge in [-0.25, -0.2) is 0 Å². The number of aryl methyl sites for hydroxylation is 1. The molecule has 0 amide bonds. The zero-order chi connectivity index (χ0) is 10.1. The maximum Gasteiger partial charge on any atom is 0.0698 e. The number of hydrogen-bond acceptors (Lipinski definition) is 2. The predicted octanol–water partition coefficient (Wildman–Crippen LogP) is 2.13. The average molecular weight is 193 g/mol. The Balaban J connectivity index is 2.41. The average Bonchev–Trinajstić information content (AvgIpc) is 2.60. The first-order valence-electron chi connectivity index (χ1n) is 5.48. The van der Waals surface area contributed by atoms with Gasteiger partial charge in [0.05, 0.1) is 5.69 Å². The lowest BCUT2D eigenvalue weighted by atomic mass is 9.88. The quantitative estimate of drug-likeness (QED) is 0.755. The Hall–Kier alpha value is -0.830. The van der Waals surface area contributed by atoms with E-state index in [1.54, 1.807) is 0 Å². The summed E-state index contributed by atoms with van der Waals surface area (Å²) in [5, 5.41) is 11.0. The van der Waals surface area contributed by atoms with Gasteiger partial charge in [-0.15, -0.1) is 0 Å². The summed E-state index contributed by atoms with van der Waals surface area (Å²) in [5.74, 6) is 0.518. The molecule has 1 aliphatic rings. The Labute approximate surface area is 85.3 Å². The molecule has 0 bridgehead atoms. The van der Waals surface area contributed by atoms with E-state index in [-0.39, 0.29) is 0 Å². The van der Waals surface area contributed by atoms with Crippen molar-refractivity contribution < 1.29 is 0 Å². The highest BCUT2D eigenvalue weighted by atomic mass is 15.1. The molecule has 78 valence electrons. The summed E-state index contributed by atoms with van der Waals surface area (Å²) in [4.78, 5) is 0. The topological polar surface area (TPSA) is 40.7 Å². The molecule has 3 heteroatoms. The molecular weight excluding hydrogens is 174 g/mol. The third kappa shape index (κ3) is 1.46. The summed E-state index contributed by atoms with van der Waals surface area (Å²) in [6.45, 7) is 4.41. The van der Waals surface area contributed by atoms with Crippen LogP contribution < -0.4 is 5.32 Å². The van der Waals surface area contributed by atoms with Crippen molar-refractivity contribution in [2.45, 2.75) is 45.1 Å². The summed E-state index contributed by atoms with van der Waals surface area (Å²) < 4.78 is 0. The Morgan fingerprint density at radius 2 is 2.29 bits per heavy atom. The van der Waals surface area contributed by atoms with E-state index in [1.807, 2.05) is 7.05 Å². The monoisotopic (exact) mass is 193 g/mol. The van der Waals surface area contributed by atoms with Gasteiger partial charge in [0.25, 0.3) is 0 Å². The van der Waals surface area contributed by atoms with Crippen LogP contribution in [0, 0.1) is 0 Å². The number of nitrogens with one attached hydrogen (secondary N) is 2. The van der Waals surface area contributed by atoms with E-state index in [1.165, 1.54) is 29.8 Å². The predicted molar refractivity (Wildman–Crippen MR) is 57.4 cm³/mol. The number of aromatic amines is 1. The Morgan fingerprint density at radius 1 is 1.50 bits per heavy atom. The summed E-state index contributed by atoms with van der Waals surface area (Å²) in [6, 6.07) is 0.509. The van der Waals surface area contributed by atoms with Crippen LogP contribution in [-0.2, 0) is 6.42 Å². The molecule has 14 heavy (non-hydrogen) atoms. The molecule has 2 N–H and O–H groups in total. The van der Waals surface area contributed by atoms with Crippen LogP contribution in [0.25, 0.3) is 0 Å². The summed E-state index contributed by atoms with van der Waals surface area (Å²) in [7, 11) is 2.04. The molecule has 1 aromatic heterocycles. The minimum absolute atomic E-state index is 0.509. The van der Waals surface area contributed by atoms with Gasteiger partial charge in [-0.3, -0.25) is 5.10 Å². The molecule has 0 saturated heterocycles. The van der Waals surface area contributed by atoms with Gasteiger partial charge in [-0.05, 0) is 32.2 Å². The van der Waals surface area contributed by atoms with E-state index < -0.39 is 0 Å². The van der Waals surface area contributed by atoms with Crippen LogP contribution in [0.3, 0.4) is 0 Å². The highest BCUT2D eigenvalue weighted by Crippen LogP contribution is 2.33. The summed E-state index contributed by atoms with van der Waals surface area (Å²) in [5.41, 5.74) is 4.03. The number of hydrogen-bond donors (Lipinski definition) is 2. The standard InChI is InChI=1S/C11H19N3/c1-7(2)11-10-8(12-3)5-4-6-9(10)13-14-11/h7-8,12H,4-6H2,1-3H3,(H,13,14). The SMILES string of the molecule is CNC1CCCc2[nH]nc(C(C)C)c21. The van der Waals surface area contributed by atoms with E-state index in [0.717, 1.165) is 6.42 Å². The second-order valence-corrected chi connectivity index (χ2v) is 4.39. The van der Waals surface area contributed by atoms with Crippen LogP contribution in [0.1, 0.15) is 55.6 Å². The van der Waals surface area contributed by atoms with Crippen molar-refractivity contribution >= 4 is 0 Å². The van der Waals surface area contributed by atoms with Crippen molar-refractivity contribution in [1.29, 1.82) is 0 Å². The van der Waals surface area contributed by atoms with Gasteiger partial charge in [-0.2, -0.15) is 5.10 Å². The fourth-order valence-electron chi connectivity index (χ4n) is 2.34. The number of fused-ring (bicyclic) bond motifs is 1.